The number of rotatable bonds is 6. The molecule has 1 saturated carbocycles. The molecule has 1 rings (SSSR count). The summed E-state index contributed by atoms with van der Waals surface area (Å²) in [4.78, 5) is 11.9. The summed E-state index contributed by atoms with van der Waals surface area (Å²) in [6.07, 6.45) is 2.21. The number of ether oxygens (including phenoxy) is 1. The Morgan fingerprint density at radius 3 is 2.75 bits per heavy atom. The fourth-order valence-electron chi connectivity index (χ4n) is 1.78. The van der Waals surface area contributed by atoms with Crippen LogP contribution in [0.25, 0.3) is 0 Å². The van der Waals surface area contributed by atoms with Crippen LogP contribution in [-0.2, 0) is 9.53 Å². The monoisotopic (exact) mass is 229 g/mol. The molecule has 4 N–H and O–H groups in total. The first-order valence-electron chi connectivity index (χ1n) is 5.51. The normalized spacial score (nSPS) is 18.9. The quantitative estimate of drug-likeness (QED) is 0.197. The highest BCUT2D eigenvalue weighted by Gasteiger charge is 2.48. The molecule has 0 spiro atoms. The molecule has 0 aromatic rings. The predicted octanol–water partition coefficient (Wildman–Crippen LogP) is 0.0558. The van der Waals surface area contributed by atoms with Gasteiger partial charge in [0.05, 0.1) is 6.61 Å². The average molecular weight is 229 g/mol. The Balaban J connectivity index is 2.44. The number of nitrogens with one attached hydrogen (secondary N) is 1. The Kier molecular flexibility index (Phi) is 4.54. The molecule has 1 aliphatic rings. The molecule has 0 aromatic carbocycles. The molecule has 1 amide bonds. The van der Waals surface area contributed by atoms with E-state index in [2.05, 4.69) is 10.5 Å². The van der Waals surface area contributed by atoms with Crippen LogP contribution >= 0.6 is 0 Å². The van der Waals surface area contributed by atoms with Crippen LogP contribution in [-0.4, -0.2) is 36.7 Å². The van der Waals surface area contributed by atoms with Gasteiger partial charge in [-0.15, -0.1) is 0 Å². The van der Waals surface area contributed by atoms with Crippen molar-refractivity contribution in [2.45, 2.75) is 26.2 Å². The molecular weight excluding hydrogens is 210 g/mol. The first-order valence-corrected chi connectivity index (χ1v) is 5.51. The molecule has 0 unspecified atom stereocenters. The highest BCUT2D eigenvalue weighted by molar-refractivity contribution is 6.07. The lowest BCUT2D eigenvalue weighted by molar-refractivity contribution is -0.131. The van der Waals surface area contributed by atoms with Gasteiger partial charge in [0.1, 0.15) is 5.41 Å². The molecule has 0 radical (unpaired) electrons. The second-order valence-corrected chi connectivity index (χ2v) is 3.87. The van der Waals surface area contributed by atoms with Gasteiger partial charge < -0.3 is 21.0 Å². The number of hydrogen-bond acceptors (Lipinski definition) is 4. The molecule has 0 atom stereocenters. The van der Waals surface area contributed by atoms with Gasteiger partial charge in [0.25, 0.3) is 0 Å². The SMILES string of the molecule is CCOCCNC(=O)C1(C(N)=NO)CCC1. The molecule has 6 nitrogen and oxygen atoms in total. The summed E-state index contributed by atoms with van der Waals surface area (Å²) in [7, 11) is 0. The summed E-state index contributed by atoms with van der Waals surface area (Å²) in [5.41, 5.74) is 4.76. The van der Waals surface area contributed by atoms with E-state index in [9.17, 15) is 4.79 Å². The highest BCUT2D eigenvalue weighted by Crippen LogP contribution is 2.41. The summed E-state index contributed by atoms with van der Waals surface area (Å²) >= 11 is 0. The molecule has 6 heteroatoms. The zero-order valence-corrected chi connectivity index (χ0v) is 9.53. The van der Waals surface area contributed by atoms with Crippen molar-refractivity contribution in [3.8, 4) is 0 Å². The van der Waals surface area contributed by atoms with Crippen LogP contribution in [0.4, 0.5) is 0 Å². The minimum atomic E-state index is -0.791. The summed E-state index contributed by atoms with van der Waals surface area (Å²) in [5, 5.41) is 14.3. The molecule has 0 aromatic heterocycles. The van der Waals surface area contributed by atoms with Gasteiger partial charge in [0.2, 0.25) is 5.91 Å². The third-order valence-corrected chi connectivity index (χ3v) is 2.98. The van der Waals surface area contributed by atoms with Gasteiger partial charge in [-0.1, -0.05) is 11.6 Å². The van der Waals surface area contributed by atoms with Crippen LogP contribution in [0.2, 0.25) is 0 Å². The standard InChI is InChI=1S/C10H19N3O3/c1-2-16-7-6-12-9(14)10(4-3-5-10)8(11)13-15/h15H,2-7H2,1H3,(H2,11,13)(H,12,14). The van der Waals surface area contributed by atoms with Gasteiger partial charge in [-0.05, 0) is 19.8 Å². The van der Waals surface area contributed by atoms with Crippen LogP contribution in [0.3, 0.4) is 0 Å². The zero-order valence-electron chi connectivity index (χ0n) is 9.53. The van der Waals surface area contributed by atoms with Crippen molar-refractivity contribution in [3.05, 3.63) is 0 Å². The summed E-state index contributed by atoms with van der Waals surface area (Å²) < 4.78 is 5.11. The van der Waals surface area contributed by atoms with E-state index in [1.54, 1.807) is 0 Å². The molecule has 0 heterocycles. The Bertz CT molecular complexity index is 274. The minimum Gasteiger partial charge on any atom is -0.409 e. The predicted molar refractivity (Wildman–Crippen MR) is 59.2 cm³/mol. The van der Waals surface area contributed by atoms with Gasteiger partial charge in [0.15, 0.2) is 5.84 Å². The summed E-state index contributed by atoms with van der Waals surface area (Å²) in [6, 6.07) is 0. The number of amides is 1. The number of hydrogen-bond donors (Lipinski definition) is 3. The maximum Gasteiger partial charge on any atom is 0.234 e. The van der Waals surface area contributed by atoms with E-state index in [-0.39, 0.29) is 11.7 Å². The van der Waals surface area contributed by atoms with E-state index < -0.39 is 5.41 Å². The lowest BCUT2D eigenvalue weighted by atomic mass is 9.67. The van der Waals surface area contributed by atoms with Crippen LogP contribution in [0, 0.1) is 5.41 Å². The highest BCUT2D eigenvalue weighted by atomic mass is 16.5. The second kappa shape index (κ2) is 5.69. The Labute approximate surface area is 94.8 Å². The van der Waals surface area contributed by atoms with Gasteiger partial charge >= 0.3 is 0 Å². The summed E-state index contributed by atoms with van der Waals surface area (Å²) in [6.45, 7) is 3.45. The number of oxime groups is 1. The Morgan fingerprint density at radius 2 is 2.31 bits per heavy atom. The van der Waals surface area contributed by atoms with Crippen LogP contribution < -0.4 is 11.1 Å². The van der Waals surface area contributed by atoms with E-state index in [1.807, 2.05) is 6.92 Å². The molecule has 92 valence electrons. The van der Waals surface area contributed by atoms with Crippen LogP contribution in [0.5, 0.6) is 0 Å². The molecular formula is C10H19N3O3. The second-order valence-electron chi connectivity index (χ2n) is 3.87. The summed E-state index contributed by atoms with van der Waals surface area (Å²) in [5.74, 6) is -0.165. The van der Waals surface area contributed by atoms with Gasteiger partial charge in [0, 0.05) is 13.2 Å². The largest absolute Gasteiger partial charge is 0.409 e. The number of nitrogens with two attached hydrogens (primary N) is 1. The number of amidine groups is 1. The van der Waals surface area contributed by atoms with Crippen molar-refractivity contribution in [3.63, 3.8) is 0 Å². The Morgan fingerprint density at radius 1 is 1.62 bits per heavy atom. The molecule has 1 aliphatic carbocycles. The molecule has 0 aliphatic heterocycles. The van der Waals surface area contributed by atoms with Crippen molar-refractivity contribution in [2.75, 3.05) is 19.8 Å². The van der Waals surface area contributed by atoms with E-state index in [4.69, 9.17) is 15.7 Å². The first kappa shape index (κ1) is 12.8. The first-order chi connectivity index (χ1) is 7.67. The number of carbonyl (C=O) groups excluding carboxylic acids is 1. The van der Waals surface area contributed by atoms with Crippen molar-refractivity contribution in [2.24, 2.45) is 16.3 Å². The van der Waals surface area contributed by atoms with Gasteiger partial charge in [-0.3, -0.25) is 4.79 Å². The lowest BCUT2D eigenvalue weighted by Gasteiger charge is -2.38. The lowest BCUT2D eigenvalue weighted by Crippen LogP contribution is -2.54. The maximum atomic E-state index is 11.9. The molecule has 16 heavy (non-hydrogen) atoms. The van der Waals surface area contributed by atoms with E-state index in [0.717, 1.165) is 6.42 Å². The van der Waals surface area contributed by atoms with E-state index in [1.165, 1.54) is 0 Å². The van der Waals surface area contributed by atoms with Crippen molar-refractivity contribution < 1.29 is 14.7 Å². The van der Waals surface area contributed by atoms with Crippen LogP contribution in [0.15, 0.2) is 5.16 Å². The van der Waals surface area contributed by atoms with Gasteiger partial charge in [-0.2, -0.15) is 0 Å². The fourth-order valence-corrected chi connectivity index (χ4v) is 1.78. The maximum absolute atomic E-state index is 11.9. The van der Waals surface area contributed by atoms with Crippen LogP contribution in [0.1, 0.15) is 26.2 Å². The molecule has 1 fully saturated rings. The fraction of sp³-hybridized carbons (Fsp3) is 0.800. The molecule has 0 saturated heterocycles. The minimum absolute atomic E-state index is 0.00709. The molecule has 0 bridgehead atoms. The van der Waals surface area contributed by atoms with E-state index in [0.29, 0.717) is 32.6 Å². The number of nitrogens with zero attached hydrogens (tertiary/aromatic N) is 1. The number of carbonyl (C=O) groups is 1. The van der Waals surface area contributed by atoms with Gasteiger partial charge in [-0.25, -0.2) is 0 Å². The van der Waals surface area contributed by atoms with E-state index >= 15 is 0 Å². The smallest absolute Gasteiger partial charge is 0.234 e. The third kappa shape index (κ3) is 2.44. The van der Waals surface area contributed by atoms with Crippen molar-refractivity contribution >= 4 is 11.7 Å². The average Bonchev–Trinajstić information content (AvgIpc) is 2.22. The van der Waals surface area contributed by atoms with Crippen molar-refractivity contribution in [1.82, 2.24) is 5.32 Å². The third-order valence-electron chi connectivity index (χ3n) is 2.98. The zero-order chi connectivity index (χ0) is 12.0. The Hall–Kier alpha value is -1.30. The van der Waals surface area contributed by atoms with Crippen molar-refractivity contribution in [1.29, 1.82) is 0 Å². The topological polar surface area (TPSA) is 96.9 Å².